The molecule has 2 unspecified atom stereocenters. The van der Waals surface area contributed by atoms with Gasteiger partial charge in [0.2, 0.25) is 11.9 Å². The van der Waals surface area contributed by atoms with Gasteiger partial charge in [-0.2, -0.15) is 10.1 Å². The van der Waals surface area contributed by atoms with E-state index in [4.69, 9.17) is 4.74 Å². The summed E-state index contributed by atoms with van der Waals surface area (Å²) in [4.78, 5) is 19.8. The molecule has 156 valence electrons. The maximum Gasteiger partial charge on any atom is 0.235 e. The highest BCUT2D eigenvalue weighted by molar-refractivity contribution is 5.96. The molecule has 6 heteroatoms. The Balaban J connectivity index is 1.83. The van der Waals surface area contributed by atoms with Crippen molar-refractivity contribution in [3.63, 3.8) is 0 Å². The van der Waals surface area contributed by atoms with Crippen molar-refractivity contribution in [2.75, 3.05) is 12.0 Å². The molecule has 2 heterocycles. The van der Waals surface area contributed by atoms with E-state index in [-0.39, 0.29) is 18.0 Å². The van der Waals surface area contributed by atoms with E-state index in [0.717, 1.165) is 16.9 Å². The molecule has 0 aliphatic carbocycles. The number of methoxy groups -OCH3 is 1. The number of nitrogens with zero attached hydrogens (tertiary/aromatic N) is 4. The number of hydrogen-bond donors (Lipinski definition) is 0. The molecule has 4 rings (SSSR count). The summed E-state index contributed by atoms with van der Waals surface area (Å²) >= 11 is 0. The van der Waals surface area contributed by atoms with Gasteiger partial charge in [-0.15, -0.1) is 0 Å². The Labute approximate surface area is 177 Å². The fourth-order valence-corrected chi connectivity index (χ4v) is 3.96. The zero-order chi connectivity index (χ0) is 21.5. The van der Waals surface area contributed by atoms with Crippen LogP contribution in [-0.4, -0.2) is 27.8 Å². The number of amides is 1. The minimum absolute atomic E-state index is 0.0243. The van der Waals surface area contributed by atoms with E-state index in [0.29, 0.717) is 12.4 Å². The van der Waals surface area contributed by atoms with Crippen molar-refractivity contribution >= 4 is 11.9 Å². The lowest BCUT2D eigenvalue weighted by molar-refractivity contribution is -0.126. The van der Waals surface area contributed by atoms with Gasteiger partial charge in [0, 0.05) is 5.41 Å². The van der Waals surface area contributed by atoms with E-state index in [1.807, 2.05) is 42.5 Å². The molecule has 3 aromatic rings. The third-order valence-electron chi connectivity index (χ3n) is 5.65. The summed E-state index contributed by atoms with van der Waals surface area (Å²) in [7, 11) is 1.66. The van der Waals surface area contributed by atoms with Crippen LogP contribution in [0.3, 0.4) is 0 Å². The van der Waals surface area contributed by atoms with E-state index in [9.17, 15) is 4.79 Å². The average Bonchev–Trinajstić information content (AvgIpc) is 3.22. The number of carbonyl (C=O) groups excluding carboxylic acids is 1. The van der Waals surface area contributed by atoms with Crippen LogP contribution in [0.25, 0.3) is 0 Å². The van der Waals surface area contributed by atoms with Gasteiger partial charge < -0.3 is 4.74 Å². The van der Waals surface area contributed by atoms with Gasteiger partial charge in [0.25, 0.3) is 0 Å². The number of hydrogen-bond acceptors (Lipinski definition) is 4. The summed E-state index contributed by atoms with van der Waals surface area (Å²) in [6, 6.07) is 16.3. The van der Waals surface area contributed by atoms with Gasteiger partial charge in [-0.1, -0.05) is 62.7 Å². The van der Waals surface area contributed by atoms with E-state index in [2.05, 4.69) is 53.4 Å². The van der Waals surface area contributed by atoms with Crippen LogP contribution in [0.2, 0.25) is 0 Å². The Hall–Kier alpha value is -3.15. The summed E-state index contributed by atoms with van der Waals surface area (Å²) in [5.74, 6) is 1.44. The van der Waals surface area contributed by atoms with Crippen LogP contribution in [0.15, 0.2) is 54.9 Å². The molecule has 0 spiro atoms. The number of fused-ring (bicyclic) bond motifs is 1. The molecule has 1 aliphatic rings. The third kappa shape index (κ3) is 3.58. The summed E-state index contributed by atoms with van der Waals surface area (Å²) in [6.45, 7) is 7.90. The van der Waals surface area contributed by atoms with E-state index >= 15 is 0 Å². The van der Waals surface area contributed by atoms with Crippen LogP contribution in [-0.2, 0) is 4.79 Å². The topological polar surface area (TPSA) is 60.2 Å². The van der Waals surface area contributed by atoms with Crippen molar-refractivity contribution in [2.24, 2.45) is 5.41 Å². The van der Waals surface area contributed by atoms with E-state index in [1.54, 1.807) is 7.11 Å². The molecule has 1 amide bonds. The Morgan fingerprint density at radius 2 is 1.60 bits per heavy atom. The Bertz CT molecular complexity index is 1030. The van der Waals surface area contributed by atoms with Crippen LogP contribution in [0.5, 0.6) is 5.75 Å². The SMILES string of the molecule is COc1ccc(C2CC(c3ccc(C)cc3)N(C(=O)C(C)(C)C)c3ncnn32)cc1. The van der Waals surface area contributed by atoms with Gasteiger partial charge in [0.1, 0.15) is 12.1 Å². The van der Waals surface area contributed by atoms with Crippen molar-refractivity contribution in [1.29, 1.82) is 0 Å². The molecule has 1 aromatic heterocycles. The number of rotatable bonds is 3. The summed E-state index contributed by atoms with van der Waals surface area (Å²) < 4.78 is 7.18. The highest BCUT2D eigenvalue weighted by Gasteiger charge is 2.42. The molecule has 2 aromatic carbocycles. The molecule has 1 aliphatic heterocycles. The van der Waals surface area contributed by atoms with Gasteiger partial charge in [-0.05, 0) is 36.6 Å². The molecule has 30 heavy (non-hydrogen) atoms. The lowest BCUT2D eigenvalue weighted by Crippen LogP contribution is -2.47. The first-order chi connectivity index (χ1) is 14.3. The second kappa shape index (κ2) is 7.59. The van der Waals surface area contributed by atoms with Crippen molar-refractivity contribution in [3.05, 3.63) is 71.5 Å². The van der Waals surface area contributed by atoms with Gasteiger partial charge in [-0.25, -0.2) is 4.68 Å². The Morgan fingerprint density at radius 1 is 1.00 bits per heavy atom. The Morgan fingerprint density at radius 3 is 2.20 bits per heavy atom. The minimum Gasteiger partial charge on any atom is -0.497 e. The highest BCUT2D eigenvalue weighted by atomic mass is 16.5. The van der Waals surface area contributed by atoms with E-state index < -0.39 is 5.41 Å². The highest BCUT2D eigenvalue weighted by Crippen LogP contribution is 2.43. The molecule has 0 bridgehead atoms. The predicted molar refractivity (Wildman–Crippen MR) is 117 cm³/mol. The predicted octanol–water partition coefficient (Wildman–Crippen LogP) is 4.71. The first-order valence-electron chi connectivity index (χ1n) is 10.2. The summed E-state index contributed by atoms with van der Waals surface area (Å²) in [5, 5.41) is 4.49. The largest absolute Gasteiger partial charge is 0.497 e. The number of anilines is 1. The smallest absolute Gasteiger partial charge is 0.235 e. The molecule has 0 radical (unpaired) electrons. The zero-order valence-corrected chi connectivity index (χ0v) is 18.2. The first-order valence-corrected chi connectivity index (χ1v) is 10.2. The number of aryl methyl sites for hydroxylation is 1. The number of benzene rings is 2. The first kappa shape index (κ1) is 20.1. The number of carbonyl (C=O) groups is 1. The Kier molecular flexibility index (Phi) is 5.10. The average molecular weight is 405 g/mol. The second-order valence-corrected chi connectivity index (χ2v) is 8.88. The molecule has 6 nitrogen and oxygen atoms in total. The standard InChI is InChI=1S/C24H28N4O2/c1-16-6-8-17(9-7-16)20-14-21(18-10-12-19(30-5)13-11-18)28-23(25-15-26-28)27(20)22(29)24(2,3)4/h6-13,15,20-21H,14H2,1-5H3. The van der Waals surface area contributed by atoms with Crippen LogP contribution >= 0.6 is 0 Å². The van der Waals surface area contributed by atoms with Crippen molar-refractivity contribution in [1.82, 2.24) is 14.8 Å². The zero-order valence-electron chi connectivity index (χ0n) is 18.2. The lowest BCUT2D eigenvalue weighted by atomic mass is 9.88. The number of aromatic nitrogens is 3. The third-order valence-corrected chi connectivity index (χ3v) is 5.65. The normalized spacial score (nSPS) is 18.8. The second-order valence-electron chi connectivity index (χ2n) is 8.88. The van der Waals surface area contributed by atoms with Gasteiger partial charge >= 0.3 is 0 Å². The molecule has 2 atom stereocenters. The van der Waals surface area contributed by atoms with Gasteiger partial charge in [-0.3, -0.25) is 9.69 Å². The van der Waals surface area contributed by atoms with Crippen LogP contribution in [0.4, 0.5) is 5.95 Å². The quantitative estimate of drug-likeness (QED) is 0.634. The molecule has 0 fully saturated rings. The van der Waals surface area contributed by atoms with Gasteiger partial charge in [0.05, 0.1) is 19.2 Å². The summed E-state index contributed by atoms with van der Waals surface area (Å²) in [6.07, 6.45) is 2.25. The monoisotopic (exact) mass is 404 g/mol. The maximum absolute atomic E-state index is 13.5. The van der Waals surface area contributed by atoms with Crippen molar-refractivity contribution in [2.45, 2.75) is 46.2 Å². The number of ether oxygens (including phenoxy) is 1. The van der Waals surface area contributed by atoms with Crippen LogP contribution in [0.1, 0.15) is 56.0 Å². The van der Waals surface area contributed by atoms with E-state index in [1.165, 1.54) is 11.9 Å². The van der Waals surface area contributed by atoms with Crippen molar-refractivity contribution < 1.29 is 9.53 Å². The minimum atomic E-state index is -0.535. The molecule has 0 saturated carbocycles. The molecular formula is C24H28N4O2. The molecule has 0 saturated heterocycles. The summed E-state index contributed by atoms with van der Waals surface area (Å²) in [5.41, 5.74) is 2.87. The fourth-order valence-electron chi connectivity index (χ4n) is 3.96. The maximum atomic E-state index is 13.5. The fraction of sp³-hybridized carbons (Fsp3) is 0.375. The molecule has 0 N–H and O–H groups in total. The molecular weight excluding hydrogens is 376 g/mol. The lowest BCUT2D eigenvalue weighted by Gasteiger charge is -2.41. The van der Waals surface area contributed by atoms with Crippen LogP contribution in [0, 0.1) is 12.3 Å². The van der Waals surface area contributed by atoms with Crippen molar-refractivity contribution in [3.8, 4) is 5.75 Å². The van der Waals surface area contributed by atoms with Gasteiger partial charge in [0.15, 0.2) is 0 Å². The van der Waals surface area contributed by atoms with Crippen LogP contribution < -0.4 is 9.64 Å².